The van der Waals surface area contributed by atoms with E-state index in [1.165, 1.54) is 12.1 Å². The van der Waals surface area contributed by atoms with E-state index in [4.69, 9.17) is 15.3 Å². The van der Waals surface area contributed by atoms with Gasteiger partial charge in [-0.3, -0.25) is 9.63 Å². The molecule has 8 heteroatoms. The van der Waals surface area contributed by atoms with Gasteiger partial charge in [-0.05, 0) is 47.7 Å². The first-order valence-electron chi connectivity index (χ1n) is 9.02. The van der Waals surface area contributed by atoms with E-state index in [0.29, 0.717) is 12.0 Å². The number of amides is 1. The third-order valence-electron chi connectivity index (χ3n) is 4.83. The number of nitrogens with zero attached hydrogens (tertiary/aromatic N) is 1. The Bertz CT molecular complexity index is 926. The van der Waals surface area contributed by atoms with E-state index in [1.54, 1.807) is 19.2 Å². The average molecular weight is 404 g/mol. The summed E-state index contributed by atoms with van der Waals surface area (Å²) in [5, 5.41) is 0. The molecule has 2 atom stereocenters. The highest BCUT2D eigenvalue weighted by molar-refractivity contribution is 7.89. The molecule has 2 unspecified atom stereocenters. The number of carbonyl (C=O) groups is 1. The molecule has 3 rings (SSSR count). The number of nitrogens with two attached hydrogens (primary N) is 1. The van der Waals surface area contributed by atoms with Gasteiger partial charge in [0.2, 0.25) is 5.91 Å². The molecule has 2 aromatic carbocycles. The van der Waals surface area contributed by atoms with Crippen molar-refractivity contribution in [2.45, 2.75) is 30.8 Å². The summed E-state index contributed by atoms with van der Waals surface area (Å²) in [7, 11) is -2.22. The van der Waals surface area contributed by atoms with Crippen molar-refractivity contribution in [2.24, 2.45) is 11.7 Å². The number of benzene rings is 2. The summed E-state index contributed by atoms with van der Waals surface area (Å²) in [4.78, 5) is 17.0. The maximum Gasteiger partial charge on any atom is 0.265 e. The van der Waals surface area contributed by atoms with Crippen LogP contribution in [0.15, 0.2) is 53.4 Å². The monoisotopic (exact) mass is 404 g/mol. The topological polar surface area (TPSA) is 98.9 Å². The third kappa shape index (κ3) is 4.35. The Morgan fingerprint density at radius 3 is 2.39 bits per heavy atom. The van der Waals surface area contributed by atoms with Crippen LogP contribution in [-0.2, 0) is 26.1 Å². The van der Waals surface area contributed by atoms with Gasteiger partial charge in [-0.15, -0.1) is 0 Å². The lowest BCUT2D eigenvalue weighted by molar-refractivity contribution is -0.183. The van der Waals surface area contributed by atoms with Gasteiger partial charge in [0, 0.05) is 6.54 Å². The van der Waals surface area contributed by atoms with Gasteiger partial charge in [-0.1, -0.05) is 35.7 Å². The van der Waals surface area contributed by atoms with E-state index in [9.17, 15) is 13.2 Å². The highest BCUT2D eigenvalue weighted by atomic mass is 32.2. The van der Waals surface area contributed by atoms with Crippen LogP contribution in [0.4, 0.5) is 0 Å². The Morgan fingerprint density at radius 2 is 1.82 bits per heavy atom. The van der Waals surface area contributed by atoms with Crippen LogP contribution >= 0.6 is 0 Å². The molecule has 0 aliphatic carbocycles. The molecule has 0 bridgehead atoms. The number of hydrogen-bond donors (Lipinski definition) is 1. The predicted molar refractivity (Wildman–Crippen MR) is 104 cm³/mol. The first-order chi connectivity index (χ1) is 13.3. The first kappa shape index (κ1) is 20.3. The van der Waals surface area contributed by atoms with Crippen molar-refractivity contribution in [1.82, 2.24) is 4.47 Å². The van der Waals surface area contributed by atoms with E-state index in [-0.39, 0.29) is 29.9 Å². The Hall–Kier alpha value is -2.42. The normalized spacial score (nSPS) is 20.6. The van der Waals surface area contributed by atoms with Crippen LogP contribution in [0, 0.1) is 5.92 Å². The van der Waals surface area contributed by atoms with Crippen LogP contribution in [0.2, 0.25) is 0 Å². The molecule has 1 fully saturated rings. The number of rotatable bonds is 6. The summed E-state index contributed by atoms with van der Waals surface area (Å²) in [5.74, 6) is 0.428. The van der Waals surface area contributed by atoms with Crippen molar-refractivity contribution in [3.05, 3.63) is 59.7 Å². The molecule has 1 aliphatic rings. The predicted octanol–water partition coefficient (Wildman–Crippen LogP) is 2.43. The van der Waals surface area contributed by atoms with Crippen molar-refractivity contribution < 1.29 is 22.8 Å². The molecule has 0 aromatic heterocycles. The molecular weight excluding hydrogens is 380 g/mol. The third-order valence-corrected chi connectivity index (χ3v) is 6.50. The molecule has 0 saturated carbocycles. The van der Waals surface area contributed by atoms with Crippen LogP contribution in [0.3, 0.4) is 0 Å². The minimum atomic E-state index is -3.81. The van der Waals surface area contributed by atoms with E-state index in [0.717, 1.165) is 15.8 Å². The minimum Gasteiger partial charge on any atom is -0.497 e. The molecule has 2 N–H and O–H groups in total. The lowest BCUT2D eigenvalue weighted by Crippen LogP contribution is -2.40. The summed E-state index contributed by atoms with van der Waals surface area (Å²) in [6.45, 7) is 2.32. The largest absolute Gasteiger partial charge is 0.497 e. The number of sulfonamides is 1. The summed E-state index contributed by atoms with van der Waals surface area (Å²) < 4.78 is 32.2. The fourth-order valence-corrected chi connectivity index (χ4v) is 4.47. The summed E-state index contributed by atoms with van der Waals surface area (Å²) in [6.07, 6.45) is 0.372. The van der Waals surface area contributed by atoms with E-state index in [2.05, 4.69) is 0 Å². The molecule has 7 nitrogen and oxygen atoms in total. The smallest absolute Gasteiger partial charge is 0.265 e. The van der Waals surface area contributed by atoms with Crippen LogP contribution in [0.5, 0.6) is 5.75 Å². The Balaban J connectivity index is 1.80. The lowest BCUT2D eigenvalue weighted by atomic mass is 9.94. The maximum absolute atomic E-state index is 13.0. The van der Waals surface area contributed by atoms with E-state index < -0.39 is 15.9 Å². The fourth-order valence-electron chi connectivity index (χ4n) is 3.20. The van der Waals surface area contributed by atoms with Crippen molar-refractivity contribution in [2.75, 3.05) is 13.7 Å². The second-order valence-corrected chi connectivity index (χ2v) is 8.71. The van der Waals surface area contributed by atoms with Gasteiger partial charge in [-0.25, -0.2) is 8.42 Å². The second kappa shape index (κ2) is 8.30. The number of carbonyl (C=O) groups excluding carboxylic acids is 1. The molecule has 1 heterocycles. The van der Waals surface area contributed by atoms with Crippen LogP contribution in [0.25, 0.3) is 0 Å². The highest BCUT2D eigenvalue weighted by Crippen LogP contribution is 2.36. The zero-order valence-electron chi connectivity index (χ0n) is 15.9. The number of primary amides is 1. The van der Waals surface area contributed by atoms with Crippen LogP contribution in [-0.4, -0.2) is 32.4 Å². The molecule has 1 aliphatic heterocycles. The summed E-state index contributed by atoms with van der Waals surface area (Å²) in [6, 6.07) is 13.5. The van der Waals surface area contributed by atoms with Gasteiger partial charge < -0.3 is 10.5 Å². The second-order valence-electron chi connectivity index (χ2n) is 6.88. The van der Waals surface area contributed by atoms with Crippen molar-refractivity contribution in [1.29, 1.82) is 0 Å². The van der Waals surface area contributed by atoms with Crippen molar-refractivity contribution >= 4 is 15.9 Å². The Labute approximate surface area is 165 Å². The Morgan fingerprint density at radius 1 is 1.18 bits per heavy atom. The lowest BCUT2D eigenvalue weighted by Gasteiger charge is -2.36. The van der Waals surface area contributed by atoms with Gasteiger partial charge >= 0.3 is 0 Å². The number of methoxy groups -OCH3 is 1. The van der Waals surface area contributed by atoms with E-state index >= 15 is 0 Å². The van der Waals surface area contributed by atoms with Gasteiger partial charge in [-0.2, -0.15) is 0 Å². The molecular formula is C20H24N2O5S. The molecule has 1 saturated heterocycles. The average Bonchev–Trinajstić information content (AvgIpc) is 2.68. The van der Waals surface area contributed by atoms with Crippen LogP contribution in [0.1, 0.15) is 30.6 Å². The molecule has 150 valence electrons. The summed E-state index contributed by atoms with van der Waals surface area (Å²) in [5.41, 5.74) is 6.73. The zero-order valence-corrected chi connectivity index (χ0v) is 16.7. The summed E-state index contributed by atoms with van der Waals surface area (Å²) >= 11 is 0. The quantitative estimate of drug-likeness (QED) is 0.797. The van der Waals surface area contributed by atoms with E-state index in [1.807, 2.05) is 31.2 Å². The Kier molecular flexibility index (Phi) is 6.02. The van der Waals surface area contributed by atoms with Gasteiger partial charge in [0.15, 0.2) is 0 Å². The number of ether oxygens (including phenoxy) is 1. The molecule has 0 radical (unpaired) electrons. The molecule has 2 aromatic rings. The highest BCUT2D eigenvalue weighted by Gasteiger charge is 2.35. The minimum absolute atomic E-state index is 0.0671. The van der Waals surface area contributed by atoms with Gasteiger partial charge in [0.25, 0.3) is 10.0 Å². The van der Waals surface area contributed by atoms with Crippen molar-refractivity contribution in [3.63, 3.8) is 0 Å². The van der Waals surface area contributed by atoms with Gasteiger partial charge in [0.05, 0.1) is 18.4 Å². The van der Waals surface area contributed by atoms with Crippen LogP contribution < -0.4 is 10.5 Å². The van der Waals surface area contributed by atoms with Crippen molar-refractivity contribution in [3.8, 4) is 5.75 Å². The molecule has 28 heavy (non-hydrogen) atoms. The zero-order chi connectivity index (χ0) is 20.3. The SMILES string of the molecule is COc1ccc(C2ON(S(=O)(=O)c3ccc(CC(N)=O)cc3)CCC2C)cc1. The van der Waals surface area contributed by atoms with Gasteiger partial charge in [0.1, 0.15) is 11.9 Å². The molecule has 1 amide bonds. The molecule has 0 spiro atoms. The fraction of sp³-hybridized carbons (Fsp3) is 0.350. The standard InChI is InChI=1S/C20H24N2O5S/c1-14-11-12-22(27-20(14)16-5-7-17(26-2)8-6-16)28(24,25)18-9-3-15(4-10-18)13-19(21)23/h3-10,14,20H,11-13H2,1-2H3,(H2,21,23). The number of hydroxylamine groups is 1. The number of hydrogen-bond acceptors (Lipinski definition) is 5. The first-order valence-corrected chi connectivity index (χ1v) is 10.5. The maximum atomic E-state index is 13.0.